The van der Waals surface area contributed by atoms with Crippen LogP contribution in [0.2, 0.25) is 0 Å². The predicted molar refractivity (Wildman–Crippen MR) is 176 cm³/mol. The highest BCUT2D eigenvalue weighted by Gasteiger charge is 2.19. The summed E-state index contributed by atoms with van der Waals surface area (Å²) in [6.07, 6.45) is 0. The van der Waals surface area contributed by atoms with Crippen molar-refractivity contribution in [1.29, 1.82) is 0 Å². The summed E-state index contributed by atoms with van der Waals surface area (Å²) in [6, 6.07) is 34.1. The second-order valence-electron chi connectivity index (χ2n) is 11.4. The molecule has 2 heterocycles. The van der Waals surface area contributed by atoms with Crippen LogP contribution in [-0.4, -0.2) is 29.6 Å². The van der Waals surface area contributed by atoms with Gasteiger partial charge in [0.1, 0.15) is 23.0 Å². The average molecular weight is 581 g/mol. The first-order valence-corrected chi connectivity index (χ1v) is 14.6. The number of hydrogen-bond acceptors (Lipinski definition) is 4. The summed E-state index contributed by atoms with van der Waals surface area (Å²) in [5.74, 6) is 0.902. The first-order valence-electron chi connectivity index (χ1n) is 14.6. The van der Waals surface area contributed by atoms with E-state index < -0.39 is 0 Å². The Morgan fingerprint density at radius 1 is 0.432 bits per heavy atom. The number of aromatic nitrogens is 2. The van der Waals surface area contributed by atoms with Crippen LogP contribution in [0.3, 0.4) is 0 Å². The van der Waals surface area contributed by atoms with E-state index in [2.05, 4.69) is 47.2 Å². The number of rotatable bonds is 6. The van der Waals surface area contributed by atoms with Gasteiger partial charge in [0.15, 0.2) is 0 Å². The number of hydrogen-bond donors (Lipinski definition) is 4. The number of nitrogens with zero attached hydrogens (tertiary/aromatic N) is 2. The largest absolute Gasteiger partial charge is 0.508 e. The molecule has 7 rings (SSSR count). The minimum Gasteiger partial charge on any atom is -0.508 e. The van der Waals surface area contributed by atoms with Gasteiger partial charge in [0, 0.05) is 34.9 Å². The molecular formula is C38H32N2O4. The van der Waals surface area contributed by atoms with Gasteiger partial charge in [-0.2, -0.15) is 0 Å². The summed E-state index contributed by atoms with van der Waals surface area (Å²) in [4.78, 5) is 0. The van der Waals surface area contributed by atoms with Crippen LogP contribution in [0, 0.1) is 13.8 Å². The number of phenols is 4. The van der Waals surface area contributed by atoms with E-state index in [1.165, 1.54) is 0 Å². The van der Waals surface area contributed by atoms with Crippen molar-refractivity contribution in [2.24, 2.45) is 0 Å². The van der Waals surface area contributed by atoms with Crippen LogP contribution < -0.4 is 0 Å². The molecule has 0 saturated carbocycles. The van der Waals surface area contributed by atoms with Crippen molar-refractivity contribution >= 4 is 21.8 Å². The molecule has 7 aromatic rings. The molecule has 0 fully saturated rings. The Kier molecular flexibility index (Phi) is 6.55. The molecule has 6 heteroatoms. The van der Waals surface area contributed by atoms with Gasteiger partial charge in [0.25, 0.3) is 0 Å². The van der Waals surface area contributed by atoms with Crippen LogP contribution in [0.25, 0.3) is 44.3 Å². The monoisotopic (exact) mass is 580 g/mol. The molecular weight excluding hydrogens is 548 g/mol. The van der Waals surface area contributed by atoms with Gasteiger partial charge >= 0.3 is 0 Å². The third-order valence-electron chi connectivity index (χ3n) is 8.59. The summed E-state index contributed by atoms with van der Waals surface area (Å²) in [7, 11) is 0. The molecule has 0 aliphatic heterocycles. The first kappa shape index (κ1) is 27.2. The maximum absolute atomic E-state index is 10.2. The molecule has 0 radical (unpaired) electrons. The Labute approximate surface area is 254 Å². The zero-order chi connectivity index (χ0) is 30.5. The van der Waals surface area contributed by atoms with E-state index in [0.29, 0.717) is 13.1 Å². The molecule has 44 heavy (non-hydrogen) atoms. The summed E-state index contributed by atoms with van der Waals surface area (Å²) in [5.41, 5.74) is 10.6. The summed E-state index contributed by atoms with van der Waals surface area (Å²) in [6.45, 7) is 5.40. The van der Waals surface area contributed by atoms with Gasteiger partial charge in [-0.15, -0.1) is 0 Å². The van der Waals surface area contributed by atoms with Gasteiger partial charge in [-0.05, 0) is 132 Å². The highest BCUT2D eigenvalue weighted by molar-refractivity contribution is 5.93. The van der Waals surface area contributed by atoms with Gasteiger partial charge in [0.2, 0.25) is 0 Å². The van der Waals surface area contributed by atoms with Crippen LogP contribution in [0.4, 0.5) is 0 Å². The molecule has 2 aromatic heterocycles. The van der Waals surface area contributed by atoms with Gasteiger partial charge < -0.3 is 29.6 Å². The molecule has 0 saturated heterocycles. The molecule has 0 spiro atoms. The highest BCUT2D eigenvalue weighted by atomic mass is 16.3. The van der Waals surface area contributed by atoms with Crippen molar-refractivity contribution in [3.05, 3.63) is 131 Å². The zero-order valence-electron chi connectivity index (χ0n) is 24.5. The standard InChI is InChI=1S/C38H32N2O4/c1-23-33-19-31(43)15-17-35(33)39(37(23)27-7-11-29(41)12-8-27)21-25-3-5-26(6-4-25)22-40-36-18-16-32(44)20-34(36)24(2)38(40)28-9-13-30(42)14-10-28/h3-20,41-44H,21-22H2,1-2H3. The fourth-order valence-corrected chi connectivity index (χ4v) is 6.45. The van der Waals surface area contributed by atoms with E-state index in [0.717, 1.165) is 66.6 Å². The van der Waals surface area contributed by atoms with Crippen molar-refractivity contribution in [3.8, 4) is 45.5 Å². The number of phenolic OH excluding ortho intramolecular Hbond substituents is 4. The van der Waals surface area contributed by atoms with Crippen molar-refractivity contribution < 1.29 is 20.4 Å². The lowest BCUT2D eigenvalue weighted by molar-refractivity contribution is 0.475. The van der Waals surface area contributed by atoms with Crippen LogP contribution in [0.1, 0.15) is 22.3 Å². The molecule has 0 bridgehead atoms. The SMILES string of the molecule is Cc1c(-c2ccc(O)cc2)n(Cc2ccc(Cn3c(-c4ccc(O)cc4)c(C)c4cc(O)ccc43)cc2)c2ccc(O)cc12. The average Bonchev–Trinajstić information content (AvgIpc) is 3.44. The fourth-order valence-electron chi connectivity index (χ4n) is 6.45. The lowest BCUT2D eigenvalue weighted by Crippen LogP contribution is -2.04. The van der Waals surface area contributed by atoms with Crippen LogP contribution in [-0.2, 0) is 13.1 Å². The Balaban J connectivity index is 1.26. The maximum atomic E-state index is 10.2. The van der Waals surface area contributed by atoms with Gasteiger partial charge in [-0.25, -0.2) is 0 Å². The van der Waals surface area contributed by atoms with Crippen LogP contribution in [0.5, 0.6) is 23.0 Å². The molecule has 5 aromatic carbocycles. The summed E-state index contributed by atoms with van der Waals surface area (Å²) in [5, 5.41) is 42.2. The molecule has 0 atom stereocenters. The lowest BCUT2D eigenvalue weighted by atomic mass is 10.1. The van der Waals surface area contributed by atoms with E-state index in [-0.39, 0.29) is 23.0 Å². The molecule has 0 amide bonds. The Morgan fingerprint density at radius 3 is 1.14 bits per heavy atom. The van der Waals surface area contributed by atoms with E-state index in [1.54, 1.807) is 36.4 Å². The second-order valence-corrected chi connectivity index (χ2v) is 11.4. The van der Waals surface area contributed by atoms with Crippen molar-refractivity contribution in [3.63, 3.8) is 0 Å². The minimum absolute atomic E-state index is 0.221. The predicted octanol–water partition coefficient (Wildman–Crippen LogP) is 8.47. The normalized spacial score (nSPS) is 11.5. The molecule has 6 nitrogen and oxygen atoms in total. The smallest absolute Gasteiger partial charge is 0.116 e. The number of aromatic hydroxyl groups is 4. The topological polar surface area (TPSA) is 90.8 Å². The Bertz CT molecular complexity index is 2000. The maximum Gasteiger partial charge on any atom is 0.116 e. The van der Waals surface area contributed by atoms with Gasteiger partial charge in [0.05, 0.1) is 11.4 Å². The second kappa shape index (κ2) is 10.6. The quantitative estimate of drug-likeness (QED) is 0.159. The summed E-state index contributed by atoms with van der Waals surface area (Å²) >= 11 is 0. The zero-order valence-corrected chi connectivity index (χ0v) is 24.5. The minimum atomic E-state index is 0.221. The lowest BCUT2D eigenvalue weighted by Gasteiger charge is -2.15. The van der Waals surface area contributed by atoms with E-state index in [9.17, 15) is 20.4 Å². The number of benzene rings is 5. The first-order chi connectivity index (χ1) is 21.3. The van der Waals surface area contributed by atoms with Crippen molar-refractivity contribution in [2.75, 3.05) is 0 Å². The van der Waals surface area contributed by atoms with E-state index in [4.69, 9.17) is 0 Å². The number of aryl methyl sites for hydroxylation is 2. The molecule has 4 N–H and O–H groups in total. The van der Waals surface area contributed by atoms with Crippen molar-refractivity contribution in [1.82, 2.24) is 9.13 Å². The third-order valence-corrected chi connectivity index (χ3v) is 8.59. The van der Waals surface area contributed by atoms with Gasteiger partial charge in [-0.3, -0.25) is 0 Å². The van der Waals surface area contributed by atoms with Crippen LogP contribution in [0.15, 0.2) is 109 Å². The molecule has 0 aliphatic carbocycles. The third kappa shape index (κ3) is 4.71. The fraction of sp³-hybridized carbons (Fsp3) is 0.105. The Hall–Kier alpha value is -5.62. The Morgan fingerprint density at radius 2 is 0.773 bits per heavy atom. The highest BCUT2D eigenvalue weighted by Crippen LogP contribution is 2.38. The molecule has 0 aliphatic rings. The van der Waals surface area contributed by atoms with E-state index in [1.807, 2.05) is 48.5 Å². The molecule has 218 valence electrons. The number of fused-ring (bicyclic) bond motifs is 2. The molecule has 0 unspecified atom stereocenters. The van der Waals surface area contributed by atoms with Gasteiger partial charge in [-0.1, -0.05) is 24.3 Å². The van der Waals surface area contributed by atoms with Crippen LogP contribution >= 0.6 is 0 Å². The van der Waals surface area contributed by atoms with Crippen molar-refractivity contribution in [2.45, 2.75) is 26.9 Å². The summed E-state index contributed by atoms with van der Waals surface area (Å²) < 4.78 is 4.54. The van der Waals surface area contributed by atoms with E-state index >= 15 is 0 Å².